The largest absolute Gasteiger partial charge is 0.362 e. The van der Waals surface area contributed by atoms with Crippen molar-refractivity contribution in [2.24, 2.45) is 5.73 Å². The van der Waals surface area contributed by atoms with E-state index in [9.17, 15) is 4.79 Å². The third kappa shape index (κ3) is 3.74. The normalized spacial score (nSPS) is 10.2. The van der Waals surface area contributed by atoms with Crippen molar-refractivity contribution in [3.05, 3.63) is 29.3 Å². The number of nitrogens with one attached hydrogen (secondary N) is 1. The average Bonchev–Trinajstić information content (AvgIpc) is 2.36. The van der Waals surface area contributed by atoms with Gasteiger partial charge in [-0.15, -0.1) is 0 Å². The molecule has 0 aliphatic heterocycles. The van der Waals surface area contributed by atoms with Gasteiger partial charge < -0.3 is 16.0 Å². The lowest BCUT2D eigenvalue weighted by atomic mass is 10.1. The summed E-state index contributed by atoms with van der Waals surface area (Å²) in [4.78, 5) is 13.7. The number of aryl methyl sites for hydroxylation is 1. The van der Waals surface area contributed by atoms with Gasteiger partial charge in [0.1, 0.15) is 0 Å². The highest BCUT2D eigenvalue weighted by atomic mass is 16.2. The fourth-order valence-electron chi connectivity index (χ4n) is 1.99. The lowest BCUT2D eigenvalue weighted by Gasteiger charge is -2.24. The molecule has 0 radical (unpaired) electrons. The first-order valence-electron chi connectivity index (χ1n) is 6.43. The smallest absolute Gasteiger partial charge is 0.239 e. The van der Waals surface area contributed by atoms with Crippen LogP contribution in [0.5, 0.6) is 0 Å². The van der Waals surface area contributed by atoms with Gasteiger partial charge in [0.25, 0.3) is 0 Å². The third-order valence-corrected chi connectivity index (χ3v) is 2.93. The molecule has 0 fully saturated rings. The van der Waals surface area contributed by atoms with Gasteiger partial charge in [-0.05, 0) is 38.0 Å². The molecule has 4 heteroatoms. The first-order chi connectivity index (χ1) is 8.62. The highest BCUT2D eigenvalue weighted by Crippen LogP contribution is 2.20. The SMILES string of the molecule is CCNC(=O)CN(CC)c1ccc(CN)cc1C. The van der Waals surface area contributed by atoms with Gasteiger partial charge in [-0.1, -0.05) is 12.1 Å². The van der Waals surface area contributed by atoms with Crippen molar-refractivity contribution in [1.82, 2.24) is 5.32 Å². The highest BCUT2D eigenvalue weighted by Gasteiger charge is 2.11. The average molecular weight is 249 g/mol. The molecule has 0 aliphatic rings. The number of benzene rings is 1. The third-order valence-electron chi connectivity index (χ3n) is 2.93. The Kier molecular flexibility index (Phi) is 5.65. The number of carbonyl (C=O) groups excluding carboxylic acids is 1. The van der Waals surface area contributed by atoms with Crippen LogP contribution in [0.3, 0.4) is 0 Å². The Morgan fingerprint density at radius 3 is 2.61 bits per heavy atom. The van der Waals surface area contributed by atoms with E-state index in [4.69, 9.17) is 5.73 Å². The van der Waals surface area contributed by atoms with E-state index in [1.165, 1.54) is 0 Å². The van der Waals surface area contributed by atoms with E-state index >= 15 is 0 Å². The molecule has 0 unspecified atom stereocenters. The number of amides is 1. The van der Waals surface area contributed by atoms with Crippen LogP contribution in [0.2, 0.25) is 0 Å². The molecule has 0 heterocycles. The minimum Gasteiger partial charge on any atom is -0.362 e. The molecule has 0 saturated heterocycles. The number of nitrogens with two attached hydrogens (primary N) is 1. The molecule has 1 rings (SSSR count). The number of hydrogen-bond donors (Lipinski definition) is 2. The standard InChI is InChI=1S/C14H23N3O/c1-4-16-14(18)10-17(5-2)13-7-6-12(9-15)8-11(13)3/h6-8H,4-5,9-10,15H2,1-3H3,(H,16,18). The van der Waals surface area contributed by atoms with E-state index < -0.39 is 0 Å². The maximum absolute atomic E-state index is 11.6. The van der Waals surface area contributed by atoms with Crippen LogP contribution in [0.1, 0.15) is 25.0 Å². The van der Waals surface area contributed by atoms with Gasteiger partial charge in [0.2, 0.25) is 5.91 Å². The molecule has 100 valence electrons. The fraction of sp³-hybridized carbons (Fsp3) is 0.500. The number of carbonyl (C=O) groups is 1. The van der Waals surface area contributed by atoms with Gasteiger partial charge in [0.05, 0.1) is 6.54 Å². The van der Waals surface area contributed by atoms with E-state index in [1.54, 1.807) is 0 Å². The van der Waals surface area contributed by atoms with Crippen LogP contribution >= 0.6 is 0 Å². The predicted octanol–water partition coefficient (Wildman–Crippen LogP) is 1.42. The molecular weight excluding hydrogens is 226 g/mol. The van der Waals surface area contributed by atoms with E-state index in [0.717, 1.165) is 23.4 Å². The van der Waals surface area contributed by atoms with E-state index in [2.05, 4.69) is 30.1 Å². The maximum atomic E-state index is 11.6. The molecule has 1 amide bonds. The van der Waals surface area contributed by atoms with Crippen LogP contribution in [-0.2, 0) is 11.3 Å². The lowest BCUT2D eigenvalue weighted by molar-refractivity contribution is -0.119. The summed E-state index contributed by atoms with van der Waals surface area (Å²) in [7, 11) is 0. The summed E-state index contributed by atoms with van der Waals surface area (Å²) in [6.45, 7) is 8.44. The van der Waals surface area contributed by atoms with E-state index in [1.807, 2.05) is 19.1 Å². The number of rotatable bonds is 6. The number of hydrogen-bond acceptors (Lipinski definition) is 3. The molecule has 1 aromatic carbocycles. The highest BCUT2D eigenvalue weighted by molar-refractivity contribution is 5.81. The first kappa shape index (κ1) is 14.5. The molecule has 0 saturated carbocycles. The second kappa shape index (κ2) is 7.01. The molecule has 0 aromatic heterocycles. The number of nitrogens with zero attached hydrogens (tertiary/aromatic N) is 1. The minimum atomic E-state index is 0.0571. The summed E-state index contributed by atoms with van der Waals surface area (Å²) in [5.74, 6) is 0.0571. The summed E-state index contributed by atoms with van der Waals surface area (Å²) >= 11 is 0. The van der Waals surface area contributed by atoms with Crippen molar-refractivity contribution < 1.29 is 4.79 Å². The Balaban J connectivity index is 2.85. The zero-order valence-electron chi connectivity index (χ0n) is 11.5. The van der Waals surface area contributed by atoms with Crippen LogP contribution in [0.15, 0.2) is 18.2 Å². The van der Waals surface area contributed by atoms with E-state index in [-0.39, 0.29) is 5.91 Å². The van der Waals surface area contributed by atoms with Gasteiger partial charge in [-0.25, -0.2) is 0 Å². The second-order valence-corrected chi connectivity index (χ2v) is 4.29. The molecule has 0 spiro atoms. The van der Waals surface area contributed by atoms with Crippen molar-refractivity contribution >= 4 is 11.6 Å². The summed E-state index contributed by atoms with van der Waals surface area (Å²) in [6, 6.07) is 6.14. The van der Waals surface area contributed by atoms with Crippen LogP contribution in [0.25, 0.3) is 0 Å². The molecule has 0 bridgehead atoms. The zero-order valence-corrected chi connectivity index (χ0v) is 11.5. The maximum Gasteiger partial charge on any atom is 0.239 e. The first-order valence-corrected chi connectivity index (χ1v) is 6.43. The van der Waals surface area contributed by atoms with Crippen molar-refractivity contribution in [2.75, 3.05) is 24.5 Å². The molecule has 3 N–H and O–H groups in total. The fourth-order valence-corrected chi connectivity index (χ4v) is 1.99. The van der Waals surface area contributed by atoms with Gasteiger partial charge >= 0.3 is 0 Å². The summed E-state index contributed by atoms with van der Waals surface area (Å²) in [5.41, 5.74) is 8.99. The Bertz CT molecular complexity index is 404. The zero-order chi connectivity index (χ0) is 13.5. The molecule has 0 atom stereocenters. The van der Waals surface area contributed by atoms with Crippen molar-refractivity contribution in [3.8, 4) is 0 Å². The van der Waals surface area contributed by atoms with Crippen LogP contribution in [-0.4, -0.2) is 25.5 Å². The summed E-state index contributed by atoms with van der Waals surface area (Å²) < 4.78 is 0. The number of anilines is 1. The Labute approximate surface area is 109 Å². The monoisotopic (exact) mass is 249 g/mol. The molecular formula is C14H23N3O. The van der Waals surface area contributed by atoms with Crippen LogP contribution in [0.4, 0.5) is 5.69 Å². The predicted molar refractivity (Wildman–Crippen MR) is 75.6 cm³/mol. The number of likely N-dealkylation sites (N-methyl/N-ethyl adjacent to an activating group) is 2. The van der Waals surface area contributed by atoms with Crippen molar-refractivity contribution in [3.63, 3.8) is 0 Å². The van der Waals surface area contributed by atoms with E-state index in [0.29, 0.717) is 19.6 Å². The van der Waals surface area contributed by atoms with Gasteiger partial charge in [0.15, 0.2) is 0 Å². The summed E-state index contributed by atoms with van der Waals surface area (Å²) in [5, 5.41) is 2.82. The molecule has 1 aromatic rings. The lowest BCUT2D eigenvalue weighted by Crippen LogP contribution is -2.37. The Morgan fingerprint density at radius 2 is 2.11 bits per heavy atom. The molecule has 18 heavy (non-hydrogen) atoms. The Morgan fingerprint density at radius 1 is 1.39 bits per heavy atom. The van der Waals surface area contributed by atoms with Crippen LogP contribution < -0.4 is 16.0 Å². The quantitative estimate of drug-likeness (QED) is 0.801. The minimum absolute atomic E-state index is 0.0571. The summed E-state index contributed by atoms with van der Waals surface area (Å²) in [6.07, 6.45) is 0. The van der Waals surface area contributed by atoms with Gasteiger partial charge in [-0.3, -0.25) is 4.79 Å². The van der Waals surface area contributed by atoms with Crippen molar-refractivity contribution in [2.45, 2.75) is 27.3 Å². The topological polar surface area (TPSA) is 58.4 Å². The Hall–Kier alpha value is -1.55. The molecule has 4 nitrogen and oxygen atoms in total. The van der Waals surface area contributed by atoms with Crippen LogP contribution in [0, 0.1) is 6.92 Å². The van der Waals surface area contributed by atoms with Crippen molar-refractivity contribution in [1.29, 1.82) is 0 Å². The second-order valence-electron chi connectivity index (χ2n) is 4.29. The van der Waals surface area contributed by atoms with Gasteiger partial charge in [0, 0.05) is 25.3 Å². The van der Waals surface area contributed by atoms with Gasteiger partial charge in [-0.2, -0.15) is 0 Å². The molecule has 0 aliphatic carbocycles.